The zero-order chi connectivity index (χ0) is 18.3. The first-order valence-electron chi connectivity index (χ1n) is 11.1. The average molecular weight is 361 g/mol. The molecular formula is C22H45FO2. The van der Waals surface area contributed by atoms with E-state index < -0.39 is 6.67 Å². The largest absolute Gasteiger partial charge is 0.379 e. The molecule has 0 rings (SSSR count). The molecule has 0 aromatic rings. The van der Waals surface area contributed by atoms with Gasteiger partial charge in [0.2, 0.25) is 0 Å². The molecule has 0 aliphatic carbocycles. The van der Waals surface area contributed by atoms with E-state index in [1.165, 1.54) is 96.3 Å². The van der Waals surface area contributed by atoms with Crippen molar-refractivity contribution in [3.63, 3.8) is 0 Å². The van der Waals surface area contributed by atoms with Gasteiger partial charge in [0, 0.05) is 6.61 Å². The molecule has 152 valence electrons. The van der Waals surface area contributed by atoms with Crippen LogP contribution in [0.5, 0.6) is 0 Å². The fourth-order valence-corrected chi connectivity index (χ4v) is 3.13. The molecule has 0 saturated carbocycles. The van der Waals surface area contributed by atoms with Crippen LogP contribution in [0.1, 0.15) is 110 Å². The van der Waals surface area contributed by atoms with Gasteiger partial charge in [-0.15, -0.1) is 0 Å². The summed E-state index contributed by atoms with van der Waals surface area (Å²) in [6.45, 7) is 4.01. The van der Waals surface area contributed by atoms with Crippen molar-refractivity contribution < 1.29 is 13.9 Å². The van der Waals surface area contributed by atoms with Crippen molar-refractivity contribution in [3.05, 3.63) is 0 Å². The lowest BCUT2D eigenvalue weighted by atomic mass is 10.0. The molecule has 0 atom stereocenters. The van der Waals surface area contributed by atoms with Gasteiger partial charge in [0.25, 0.3) is 0 Å². The lowest BCUT2D eigenvalue weighted by molar-refractivity contribution is 0.0415. The van der Waals surface area contributed by atoms with Gasteiger partial charge in [-0.1, -0.05) is 103 Å². The predicted molar refractivity (Wildman–Crippen MR) is 107 cm³/mol. The molecule has 0 aliphatic rings. The highest BCUT2D eigenvalue weighted by Crippen LogP contribution is 2.13. The highest BCUT2D eigenvalue weighted by molar-refractivity contribution is 4.50. The topological polar surface area (TPSA) is 18.5 Å². The van der Waals surface area contributed by atoms with Crippen molar-refractivity contribution in [1.82, 2.24) is 0 Å². The zero-order valence-electron chi connectivity index (χ0n) is 17.0. The second kappa shape index (κ2) is 23.9. The summed E-state index contributed by atoms with van der Waals surface area (Å²) in [5.74, 6) is 0. The van der Waals surface area contributed by atoms with Crippen LogP contribution in [0.25, 0.3) is 0 Å². The minimum absolute atomic E-state index is 0.197. The van der Waals surface area contributed by atoms with Crippen LogP contribution in [0.4, 0.5) is 4.39 Å². The molecule has 0 heterocycles. The third kappa shape index (κ3) is 23.9. The lowest BCUT2D eigenvalue weighted by Gasteiger charge is -2.05. The summed E-state index contributed by atoms with van der Waals surface area (Å²) >= 11 is 0. The Kier molecular flexibility index (Phi) is 23.7. The Labute approximate surface area is 157 Å². The Bertz CT molecular complexity index is 202. The van der Waals surface area contributed by atoms with Crippen molar-refractivity contribution in [2.75, 3.05) is 33.1 Å². The van der Waals surface area contributed by atoms with Gasteiger partial charge in [0.15, 0.2) is 0 Å². The fraction of sp³-hybridized carbons (Fsp3) is 1.00. The van der Waals surface area contributed by atoms with Gasteiger partial charge in [-0.25, -0.2) is 4.39 Å². The number of rotatable bonds is 22. The second-order valence-corrected chi connectivity index (χ2v) is 7.22. The number of alkyl halides is 1. The van der Waals surface area contributed by atoms with E-state index in [1.54, 1.807) is 0 Å². The van der Waals surface area contributed by atoms with Crippen molar-refractivity contribution in [1.29, 1.82) is 0 Å². The highest BCUT2D eigenvalue weighted by Gasteiger charge is 1.95. The van der Waals surface area contributed by atoms with Crippen LogP contribution in [0, 0.1) is 0 Å². The van der Waals surface area contributed by atoms with Crippen molar-refractivity contribution in [2.24, 2.45) is 0 Å². The van der Waals surface area contributed by atoms with E-state index in [-0.39, 0.29) is 6.61 Å². The first kappa shape index (κ1) is 24.8. The van der Waals surface area contributed by atoms with Crippen LogP contribution >= 0.6 is 0 Å². The average Bonchev–Trinajstić information content (AvgIpc) is 2.63. The summed E-state index contributed by atoms with van der Waals surface area (Å²) in [7, 11) is 0. The number of halogens is 1. The first-order valence-corrected chi connectivity index (χ1v) is 11.1. The Morgan fingerprint density at radius 1 is 0.440 bits per heavy atom. The van der Waals surface area contributed by atoms with Gasteiger partial charge in [-0.05, 0) is 6.42 Å². The quantitative estimate of drug-likeness (QED) is 0.189. The van der Waals surface area contributed by atoms with E-state index in [0.29, 0.717) is 13.2 Å². The van der Waals surface area contributed by atoms with Gasteiger partial charge in [0.05, 0.1) is 19.8 Å². The normalized spacial score (nSPS) is 11.3. The van der Waals surface area contributed by atoms with Crippen LogP contribution in [-0.4, -0.2) is 33.1 Å². The first-order chi connectivity index (χ1) is 12.4. The molecular weight excluding hydrogens is 315 g/mol. The van der Waals surface area contributed by atoms with E-state index in [0.717, 1.165) is 13.0 Å². The summed E-state index contributed by atoms with van der Waals surface area (Å²) in [6, 6.07) is 0. The fourth-order valence-electron chi connectivity index (χ4n) is 3.13. The van der Waals surface area contributed by atoms with Gasteiger partial charge >= 0.3 is 0 Å². The van der Waals surface area contributed by atoms with Crippen LogP contribution < -0.4 is 0 Å². The van der Waals surface area contributed by atoms with E-state index >= 15 is 0 Å². The number of hydrogen-bond acceptors (Lipinski definition) is 2. The molecule has 0 aliphatic heterocycles. The highest BCUT2D eigenvalue weighted by atomic mass is 19.1. The number of unbranched alkanes of at least 4 members (excludes halogenated alkanes) is 15. The van der Waals surface area contributed by atoms with Crippen molar-refractivity contribution in [2.45, 2.75) is 110 Å². The molecule has 0 amide bonds. The molecule has 2 nitrogen and oxygen atoms in total. The summed E-state index contributed by atoms with van der Waals surface area (Å²) in [5.41, 5.74) is 0. The Hall–Kier alpha value is -0.150. The third-order valence-corrected chi connectivity index (χ3v) is 4.74. The van der Waals surface area contributed by atoms with Gasteiger partial charge in [0.1, 0.15) is 6.67 Å². The molecule has 0 fully saturated rings. The molecule has 0 unspecified atom stereocenters. The maximum absolute atomic E-state index is 11.8. The van der Waals surface area contributed by atoms with Crippen LogP contribution in [0.15, 0.2) is 0 Å². The van der Waals surface area contributed by atoms with E-state index in [2.05, 4.69) is 6.92 Å². The molecule has 0 bridgehead atoms. The second-order valence-electron chi connectivity index (χ2n) is 7.22. The summed E-state index contributed by atoms with van der Waals surface area (Å²) in [5, 5.41) is 0. The SMILES string of the molecule is CCCCCCCCCCCCCCCCCCOCCOCCF. The zero-order valence-corrected chi connectivity index (χ0v) is 17.0. The molecule has 0 spiro atoms. The third-order valence-electron chi connectivity index (χ3n) is 4.74. The summed E-state index contributed by atoms with van der Waals surface area (Å²) < 4.78 is 22.2. The maximum atomic E-state index is 11.8. The predicted octanol–water partition coefficient (Wildman–Crippen LogP) is 7.25. The van der Waals surface area contributed by atoms with Crippen LogP contribution in [0.3, 0.4) is 0 Å². The minimum atomic E-state index is -0.404. The Morgan fingerprint density at radius 3 is 1.20 bits per heavy atom. The smallest absolute Gasteiger partial charge is 0.113 e. The van der Waals surface area contributed by atoms with Gasteiger partial charge in [-0.2, -0.15) is 0 Å². The summed E-state index contributed by atoms with van der Waals surface area (Å²) in [6.07, 6.45) is 22.3. The molecule has 0 aromatic carbocycles. The monoisotopic (exact) mass is 360 g/mol. The summed E-state index contributed by atoms with van der Waals surface area (Å²) in [4.78, 5) is 0. The van der Waals surface area contributed by atoms with E-state index in [4.69, 9.17) is 9.47 Å². The van der Waals surface area contributed by atoms with Gasteiger partial charge < -0.3 is 9.47 Å². The molecule has 0 N–H and O–H groups in total. The Morgan fingerprint density at radius 2 is 0.800 bits per heavy atom. The minimum Gasteiger partial charge on any atom is -0.379 e. The van der Waals surface area contributed by atoms with Crippen molar-refractivity contribution >= 4 is 0 Å². The molecule has 3 heteroatoms. The van der Waals surface area contributed by atoms with E-state index in [1.807, 2.05) is 0 Å². The van der Waals surface area contributed by atoms with E-state index in [9.17, 15) is 4.39 Å². The molecule has 0 saturated heterocycles. The molecule has 0 radical (unpaired) electrons. The molecule has 0 aromatic heterocycles. The Balaban J connectivity index is 2.94. The standard InChI is InChI=1S/C22H45FO2/c1-2-3-4-5-6-7-8-9-10-11-12-13-14-15-16-17-19-24-21-22-25-20-18-23/h2-22H2,1H3. The van der Waals surface area contributed by atoms with Gasteiger partial charge in [-0.3, -0.25) is 0 Å². The number of hydrogen-bond donors (Lipinski definition) is 0. The lowest BCUT2D eigenvalue weighted by Crippen LogP contribution is -2.06. The van der Waals surface area contributed by atoms with Crippen LogP contribution in [-0.2, 0) is 9.47 Å². The molecule has 25 heavy (non-hydrogen) atoms. The van der Waals surface area contributed by atoms with Crippen LogP contribution in [0.2, 0.25) is 0 Å². The number of ether oxygens (including phenoxy) is 2. The maximum Gasteiger partial charge on any atom is 0.113 e. The van der Waals surface area contributed by atoms with Crippen molar-refractivity contribution in [3.8, 4) is 0 Å².